The lowest BCUT2D eigenvalue weighted by molar-refractivity contribution is 0.297. The molecule has 6 nitrogen and oxygen atoms in total. The minimum Gasteiger partial charge on any atom is -0.490 e. The fourth-order valence-electron chi connectivity index (χ4n) is 4.25. The van der Waals surface area contributed by atoms with Crippen LogP contribution in [0.4, 0.5) is 0 Å². The van der Waals surface area contributed by atoms with Crippen LogP contribution in [-0.4, -0.2) is 21.6 Å². The van der Waals surface area contributed by atoms with E-state index in [-0.39, 0.29) is 10.8 Å². The largest absolute Gasteiger partial charge is 0.490 e. The molecule has 1 N–H and O–H groups in total. The van der Waals surface area contributed by atoms with Crippen LogP contribution in [0.2, 0.25) is 0 Å². The number of hydrogen-bond donors (Lipinski definition) is 1. The monoisotopic (exact) mass is 477 g/mol. The highest BCUT2D eigenvalue weighted by molar-refractivity contribution is 7.89. The zero-order chi connectivity index (χ0) is 23.7. The molecular weight excluding hydrogens is 450 g/mol. The van der Waals surface area contributed by atoms with Crippen LogP contribution in [0.15, 0.2) is 82.1 Å². The Balaban J connectivity index is 1.59. The van der Waals surface area contributed by atoms with Crippen LogP contribution >= 0.6 is 0 Å². The summed E-state index contributed by atoms with van der Waals surface area (Å²) in [6.45, 7) is 5.20. The molecule has 0 spiro atoms. The molecule has 0 bridgehead atoms. The van der Waals surface area contributed by atoms with Crippen molar-refractivity contribution in [1.29, 1.82) is 0 Å². The summed E-state index contributed by atoms with van der Waals surface area (Å²) in [6.07, 6.45) is 0.745. The molecule has 0 saturated carbocycles. The summed E-state index contributed by atoms with van der Waals surface area (Å²) in [4.78, 5) is 0.111. The van der Waals surface area contributed by atoms with Crippen molar-refractivity contribution >= 4 is 21.0 Å². The van der Waals surface area contributed by atoms with Gasteiger partial charge in [-0.3, -0.25) is 0 Å². The number of para-hydroxylation sites is 1. The zero-order valence-corrected chi connectivity index (χ0v) is 20.0. The van der Waals surface area contributed by atoms with Crippen molar-refractivity contribution in [3.63, 3.8) is 0 Å². The quantitative estimate of drug-likeness (QED) is 0.381. The number of ether oxygens (including phenoxy) is 2. The molecule has 0 aliphatic carbocycles. The Morgan fingerprint density at radius 2 is 1.53 bits per heavy atom. The second-order valence-electron chi connectivity index (χ2n) is 8.68. The highest BCUT2D eigenvalue weighted by atomic mass is 32.2. The molecule has 0 fully saturated rings. The van der Waals surface area contributed by atoms with Gasteiger partial charge in [0.05, 0.1) is 18.1 Å². The van der Waals surface area contributed by atoms with E-state index in [2.05, 4.69) is 18.6 Å². The smallest absolute Gasteiger partial charge is 0.241 e. The van der Waals surface area contributed by atoms with E-state index in [0.717, 1.165) is 22.9 Å². The number of fused-ring (bicyclic) bond motifs is 2. The summed E-state index contributed by atoms with van der Waals surface area (Å²) in [5.41, 5.74) is 2.61. The highest BCUT2D eigenvalue weighted by Crippen LogP contribution is 2.36. The Morgan fingerprint density at radius 1 is 0.824 bits per heavy atom. The number of hydrogen-bond acceptors (Lipinski definition) is 5. The standard InChI is InChI=1S/C27H27NO5S/c1-18(2)21-9-4-5-10-22(21)27(26-16-19-8-3-6-11-23(19)33-26)28-34(29,30)20-12-13-24-25(17-20)32-15-7-14-31-24/h3-6,8-13,16-18,27-28H,7,14-15H2,1-2H3/t27-/m1/s1. The van der Waals surface area contributed by atoms with Gasteiger partial charge < -0.3 is 13.9 Å². The third kappa shape index (κ3) is 4.41. The molecule has 0 unspecified atom stereocenters. The van der Waals surface area contributed by atoms with Crippen molar-refractivity contribution < 1.29 is 22.3 Å². The first-order chi connectivity index (χ1) is 16.4. The van der Waals surface area contributed by atoms with Crippen molar-refractivity contribution in [2.24, 2.45) is 0 Å². The number of benzene rings is 3. The summed E-state index contributed by atoms with van der Waals surface area (Å²) < 4.78 is 47.6. The molecule has 1 aliphatic heterocycles. The van der Waals surface area contributed by atoms with E-state index in [9.17, 15) is 8.42 Å². The summed E-state index contributed by atoms with van der Waals surface area (Å²) in [7, 11) is -3.93. The Labute approximate surface area is 199 Å². The Bertz CT molecular complexity index is 1390. The Hall–Kier alpha value is -3.29. The number of furan rings is 1. The van der Waals surface area contributed by atoms with Crippen LogP contribution in [0.25, 0.3) is 11.0 Å². The maximum atomic E-state index is 13.6. The fourth-order valence-corrected chi connectivity index (χ4v) is 5.45. The molecule has 1 aliphatic rings. The van der Waals surface area contributed by atoms with Crippen LogP contribution < -0.4 is 14.2 Å². The van der Waals surface area contributed by atoms with Gasteiger partial charge in [0.15, 0.2) is 11.5 Å². The molecule has 34 heavy (non-hydrogen) atoms. The molecular formula is C27H27NO5S. The molecule has 4 aromatic rings. The lowest BCUT2D eigenvalue weighted by Gasteiger charge is -2.22. The van der Waals surface area contributed by atoms with Crippen LogP contribution in [0.1, 0.15) is 49.1 Å². The van der Waals surface area contributed by atoms with Crippen LogP contribution in [0, 0.1) is 0 Å². The third-order valence-electron chi connectivity index (χ3n) is 5.96. The minimum absolute atomic E-state index is 0.111. The predicted molar refractivity (Wildman–Crippen MR) is 131 cm³/mol. The maximum absolute atomic E-state index is 13.6. The van der Waals surface area contributed by atoms with E-state index in [1.165, 1.54) is 6.07 Å². The van der Waals surface area contributed by atoms with E-state index in [1.54, 1.807) is 12.1 Å². The van der Waals surface area contributed by atoms with Crippen molar-refractivity contribution in [2.75, 3.05) is 13.2 Å². The van der Waals surface area contributed by atoms with E-state index < -0.39 is 16.1 Å². The second kappa shape index (κ2) is 9.16. The lowest BCUT2D eigenvalue weighted by Crippen LogP contribution is -2.30. The van der Waals surface area contributed by atoms with Crippen LogP contribution in [-0.2, 0) is 10.0 Å². The van der Waals surface area contributed by atoms with Crippen molar-refractivity contribution in [3.8, 4) is 11.5 Å². The first-order valence-corrected chi connectivity index (χ1v) is 12.9. The second-order valence-corrected chi connectivity index (χ2v) is 10.4. The number of nitrogens with one attached hydrogen (secondary N) is 1. The van der Waals surface area contributed by atoms with E-state index in [1.807, 2.05) is 54.6 Å². The average molecular weight is 478 g/mol. The zero-order valence-electron chi connectivity index (χ0n) is 19.2. The summed E-state index contributed by atoms with van der Waals surface area (Å²) >= 11 is 0. The number of sulfonamides is 1. The van der Waals surface area contributed by atoms with Gasteiger partial charge in [-0.2, -0.15) is 4.72 Å². The van der Waals surface area contributed by atoms with Crippen LogP contribution in [0.5, 0.6) is 11.5 Å². The van der Waals surface area contributed by atoms with Gasteiger partial charge in [0.25, 0.3) is 0 Å². The first-order valence-electron chi connectivity index (χ1n) is 11.4. The highest BCUT2D eigenvalue weighted by Gasteiger charge is 2.29. The molecule has 0 saturated heterocycles. The van der Waals surface area contributed by atoms with Crippen LogP contribution in [0.3, 0.4) is 0 Å². The maximum Gasteiger partial charge on any atom is 0.241 e. The SMILES string of the molecule is CC(C)c1ccccc1[C@@H](NS(=O)(=O)c1ccc2c(c1)OCCCO2)c1cc2ccccc2o1. The van der Waals surface area contributed by atoms with E-state index in [4.69, 9.17) is 13.9 Å². The molecule has 0 amide bonds. The van der Waals surface area contributed by atoms with Crippen molar-refractivity contribution in [3.05, 3.63) is 89.7 Å². The molecule has 2 heterocycles. The molecule has 0 radical (unpaired) electrons. The molecule has 1 aromatic heterocycles. The molecule has 5 rings (SSSR count). The summed E-state index contributed by atoms with van der Waals surface area (Å²) in [5, 5.41) is 0.916. The van der Waals surface area contributed by atoms with Gasteiger partial charge in [0.1, 0.15) is 17.4 Å². The predicted octanol–water partition coefficient (Wildman–Crippen LogP) is 5.79. The average Bonchev–Trinajstić information content (AvgIpc) is 3.12. The Kier molecular flexibility index (Phi) is 6.06. The summed E-state index contributed by atoms with van der Waals surface area (Å²) in [5.74, 6) is 1.72. The normalized spacial score (nSPS) is 14.8. The number of rotatable bonds is 6. The van der Waals surface area contributed by atoms with Gasteiger partial charge in [-0.15, -0.1) is 0 Å². The Morgan fingerprint density at radius 3 is 2.29 bits per heavy atom. The van der Waals surface area contributed by atoms with Gasteiger partial charge in [-0.1, -0.05) is 56.3 Å². The molecule has 1 atom stereocenters. The topological polar surface area (TPSA) is 77.8 Å². The summed E-state index contributed by atoms with van der Waals surface area (Å²) in [6, 6.07) is 21.4. The van der Waals surface area contributed by atoms with Gasteiger partial charge in [-0.25, -0.2) is 8.42 Å². The van der Waals surface area contributed by atoms with E-state index >= 15 is 0 Å². The van der Waals surface area contributed by atoms with E-state index in [0.29, 0.717) is 36.1 Å². The van der Waals surface area contributed by atoms with Gasteiger partial charge in [0.2, 0.25) is 10.0 Å². The fraction of sp³-hybridized carbons (Fsp3) is 0.259. The lowest BCUT2D eigenvalue weighted by atomic mass is 9.92. The van der Waals surface area contributed by atoms with Crippen molar-refractivity contribution in [1.82, 2.24) is 4.72 Å². The van der Waals surface area contributed by atoms with Gasteiger partial charge >= 0.3 is 0 Å². The van der Waals surface area contributed by atoms with Gasteiger partial charge in [-0.05, 0) is 41.3 Å². The van der Waals surface area contributed by atoms with Crippen molar-refractivity contribution in [2.45, 2.75) is 37.1 Å². The molecule has 176 valence electrons. The molecule has 3 aromatic carbocycles. The minimum atomic E-state index is -3.93. The molecule has 7 heteroatoms. The van der Waals surface area contributed by atoms with Gasteiger partial charge in [0, 0.05) is 17.9 Å². The first kappa shape index (κ1) is 22.5. The third-order valence-corrected chi connectivity index (χ3v) is 7.38.